The fourth-order valence-electron chi connectivity index (χ4n) is 4.98. The predicted octanol–water partition coefficient (Wildman–Crippen LogP) is 6.11. The molecule has 10 heteroatoms. The van der Waals surface area contributed by atoms with E-state index in [9.17, 15) is 0 Å². The minimum Gasteiger partial charge on any atom is -0.420 e. The Morgan fingerprint density at radius 1 is 0.950 bits per heavy atom. The lowest BCUT2D eigenvalue weighted by Gasteiger charge is -2.27. The van der Waals surface area contributed by atoms with Gasteiger partial charge in [-0.2, -0.15) is 5.10 Å². The number of nitrogens with zero attached hydrogens (tertiary/aromatic N) is 7. The third kappa shape index (κ3) is 4.17. The van der Waals surface area contributed by atoms with Gasteiger partial charge in [-0.05, 0) is 36.2 Å². The first-order valence-electron chi connectivity index (χ1n) is 12.7. The van der Waals surface area contributed by atoms with Crippen LogP contribution in [0.2, 0.25) is 5.02 Å². The molecule has 1 aliphatic rings. The van der Waals surface area contributed by atoms with E-state index in [4.69, 9.17) is 31.3 Å². The van der Waals surface area contributed by atoms with Crippen molar-refractivity contribution in [3.05, 3.63) is 130 Å². The van der Waals surface area contributed by atoms with E-state index < -0.39 is 0 Å². The van der Waals surface area contributed by atoms with Crippen LogP contribution in [0.5, 0.6) is 11.8 Å². The van der Waals surface area contributed by atoms with Crippen LogP contribution >= 0.6 is 11.6 Å². The monoisotopic (exact) mass is 547 g/mol. The Hall–Kier alpha value is -5.02. The first kappa shape index (κ1) is 24.1. The van der Waals surface area contributed by atoms with Gasteiger partial charge in [0, 0.05) is 5.02 Å². The molecule has 0 aliphatic carbocycles. The van der Waals surface area contributed by atoms with E-state index in [1.807, 2.05) is 91.9 Å². The molecule has 0 saturated heterocycles. The van der Waals surface area contributed by atoms with Crippen LogP contribution in [0, 0.1) is 6.92 Å². The lowest BCUT2D eigenvalue weighted by atomic mass is 9.84. The maximum absolute atomic E-state index is 6.79. The van der Waals surface area contributed by atoms with Gasteiger partial charge in [0.2, 0.25) is 11.8 Å². The lowest BCUT2D eigenvalue weighted by molar-refractivity contribution is 0.126. The number of halogens is 1. The Morgan fingerprint density at radius 2 is 1.70 bits per heavy atom. The molecule has 196 valence electrons. The zero-order chi connectivity index (χ0) is 27.1. The number of oxime groups is 1. The maximum Gasteiger partial charge on any atom is 0.230 e. The van der Waals surface area contributed by atoms with E-state index in [2.05, 4.69) is 15.2 Å². The Balaban J connectivity index is 1.33. The van der Waals surface area contributed by atoms with Crippen LogP contribution in [-0.2, 0) is 11.4 Å². The summed E-state index contributed by atoms with van der Waals surface area (Å²) in [6.07, 6.45) is 3.23. The molecule has 6 aromatic rings. The summed E-state index contributed by atoms with van der Waals surface area (Å²) in [5, 5.41) is 14.1. The van der Waals surface area contributed by atoms with E-state index in [0.29, 0.717) is 28.3 Å². The van der Waals surface area contributed by atoms with Crippen LogP contribution in [-0.4, -0.2) is 35.6 Å². The molecule has 0 bridgehead atoms. The van der Waals surface area contributed by atoms with E-state index in [-0.39, 0.29) is 12.5 Å². The number of hydrogen-bond acceptors (Lipinski definition) is 7. The summed E-state index contributed by atoms with van der Waals surface area (Å²) >= 11 is 6.79. The summed E-state index contributed by atoms with van der Waals surface area (Å²) in [4.78, 5) is 14.9. The highest BCUT2D eigenvalue weighted by atomic mass is 35.5. The SMILES string of the molecule is Cc1nn(-c2ccccc2)c2c1[C@@H](c1ccccc1Cl)c1c(ncn3nc(CO/N=C\c4ccccc4)nc13)O2. The third-order valence-corrected chi connectivity index (χ3v) is 7.09. The minimum atomic E-state index is -0.338. The summed E-state index contributed by atoms with van der Waals surface area (Å²) in [5.41, 5.74) is 5.78. The Labute approximate surface area is 234 Å². The number of hydrogen-bond donors (Lipinski definition) is 0. The number of fused-ring (bicyclic) bond motifs is 4. The molecular formula is C30H22ClN7O2. The fourth-order valence-corrected chi connectivity index (χ4v) is 5.23. The van der Waals surface area contributed by atoms with Gasteiger partial charge in [-0.1, -0.05) is 83.5 Å². The molecule has 1 aliphatic heterocycles. The highest BCUT2D eigenvalue weighted by Gasteiger charge is 2.38. The second-order valence-electron chi connectivity index (χ2n) is 9.29. The topological polar surface area (TPSA) is 91.7 Å². The normalized spacial score (nSPS) is 14.2. The van der Waals surface area contributed by atoms with Crippen LogP contribution in [0.15, 0.2) is 96.4 Å². The van der Waals surface area contributed by atoms with Crippen molar-refractivity contribution in [1.82, 2.24) is 29.4 Å². The minimum absolute atomic E-state index is 0.0909. The van der Waals surface area contributed by atoms with Gasteiger partial charge in [0.25, 0.3) is 0 Å². The van der Waals surface area contributed by atoms with Gasteiger partial charge in [0.15, 0.2) is 18.1 Å². The van der Waals surface area contributed by atoms with E-state index >= 15 is 0 Å². The smallest absolute Gasteiger partial charge is 0.230 e. The number of benzene rings is 3. The molecule has 4 heterocycles. The van der Waals surface area contributed by atoms with Crippen molar-refractivity contribution in [1.29, 1.82) is 0 Å². The van der Waals surface area contributed by atoms with Crippen molar-refractivity contribution in [2.24, 2.45) is 5.16 Å². The largest absolute Gasteiger partial charge is 0.420 e. The average molecular weight is 548 g/mol. The third-order valence-electron chi connectivity index (χ3n) is 6.75. The molecule has 40 heavy (non-hydrogen) atoms. The van der Waals surface area contributed by atoms with Crippen molar-refractivity contribution in [3.63, 3.8) is 0 Å². The molecule has 1 atom stereocenters. The van der Waals surface area contributed by atoms with E-state index in [0.717, 1.165) is 33.6 Å². The molecule has 9 nitrogen and oxygen atoms in total. The molecule has 3 aromatic carbocycles. The molecular weight excluding hydrogens is 526 g/mol. The Bertz CT molecular complexity index is 1870. The summed E-state index contributed by atoms with van der Waals surface area (Å²) in [6, 6.07) is 27.3. The summed E-state index contributed by atoms with van der Waals surface area (Å²) in [6.45, 7) is 2.06. The second-order valence-corrected chi connectivity index (χ2v) is 9.69. The standard InChI is InChI=1S/C30H22ClN7O2/c1-19-25-26(22-14-8-9-15-23(22)31)27-28-34-24(17-39-33-16-20-10-4-2-5-11-20)36-37(28)18-32-29(27)40-30(25)38(35-19)21-12-6-3-7-13-21/h2-16,18,26H,17H2,1H3/b33-16-/t26-/m1/s1. The van der Waals surface area contributed by atoms with Gasteiger partial charge in [0.05, 0.1) is 34.6 Å². The van der Waals surface area contributed by atoms with Crippen molar-refractivity contribution < 1.29 is 9.57 Å². The van der Waals surface area contributed by atoms with Gasteiger partial charge in [-0.25, -0.2) is 19.2 Å². The molecule has 0 fully saturated rings. The predicted molar refractivity (Wildman–Crippen MR) is 150 cm³/mol. The molecule has 0 saturated carbocycles. The molecule has 3 aromatic heterocycles. The highest BCUT2D eigenvalue weighted by molar-refractivity contribution is 6.31. The molecule has 0 spiro atoms. The van der Waals surface area contributed by atoms with E-state index in [1.54, 1.807) is 21.7 Å². The van der Waals surface area contributed by atoms with Crippen LogP contribution in [0.1, 0.15) is 39.7 Å². The summed E-state index contributed by atoms with van der Waals surface area (Å²) < 4.78 is 9.89. The fraction of sp³-hybridized carbons (Fsp3) is 0.100. The van der Waals surface area contributed by atoms with Gasteiger partial charge in [0.1, 0.15) is 6.33 Å². The maximum atomic E-state index is 6.79. The molecule has 7 rings (SSSR count). The zero-order valence-electron chi connectivity index (χ0n) is 21.3. The Morgan fingerprint density at radius 3 is 2.50 bits per heavy atom. The highest BCUT2D eigenvalue weighted by Crippen LogP contribution is 2.50. The van der Waals surface area contributed by atoms with Crippen molar-refractivity contribution in [2.75, 3.05) is 0 Å². The van der Waals surface area contributed by atoms with Crippen molar-refractivity contribution in [3.8, 4) is 17.4 Å². The number of ether oxygens (including phenoxy) is 1. The quantitative estimate of drug-likeness (QED) is 0.184. The number of aromatic nitrogens is 6. The molecule has 0 N–H and O–H groups in total. The summed E-state index contributed by atoms with van der Waals surface area (Å²) in [5.74, 6) is 1.14. The number of aryl methyl sites for hydroxylation is 1. The number of rotatable bonds is 6. The van der Waals surface area contributed by atoms with Crippen molar-refractivity contribution >= 4 is 23.5 Å². The second kappa shape index (κ2) is 9.94. The van der Waals surface area contributed by atoms with Gasteiger partial charge < -0.3 is 9.57 Å². The first-order valence-corrected chi connectivity index (χ1v) is 13.1. The summed E-state index contributed by atoms with van der Waals surface area (Å²) in [7, 11) is 0. The average Bonchev–Trinajstić information content (AvgIpc) is 3.56. The first-order chi connectivity index (χ1) is 19.7. The van der Waals surface area contributed by atoms with Crippen molar-refractivity contribution in [2.45, 2.75) is 19.4 Å². The zero-order valence-corrected chi connectivity index (χ0v) is 22.1. The van der Waals surface area contributed by atoms with Gasteiger partial charge >= 0.3 is 0 Å². The lowest BCUT2D eigenvalue weighted by Crippen LogP contribution is -2.16. The Kier molecular flexibility index (Phi) is 5.98. The van der Waals surface area contributed by atoms with Crippen LogP contribution in [0.25, 0.3) is 11.3 Å². The number of para-hydroxylation sites is 1. The molecule has 0 radical (unpaired) electrons. The molecule has 0 unspecified atom stereocenters. The van der Waals surface area contributed by atoms with Gasteiger partial charge in [-0.15, -0.1) is 5.10 Å². The van der Waals surface area contributed by atoms with Crippen LogP contribution in [0.4, 0.5) is 0 Å². The van der Waals surface area contributed by atoms with E-state index in [1.165, 1.54) is 0 Å². The van der Waals surface area contributed by atoms with Gasteiger partial charge in [-0.3, -0.25) is 0 Å². The van der Waals surface area contributed by atoms with Crippen LogP contribution < -0.4 is 4.74 Å². The molecule has 0 amide bonds. The van der Waals surface area contributed by atoms with Crippen LogP contribution in [0.3, 0.4) is 0 Å².